The van der Waals surface area contributed by atoms with Gasteiger partial charge >= 0.3 is 15.2 Å². The summed E-state index contributed by atoms with van der Waals surface area (Å²) >= 11 is 0. The fraction of sp³-hybridized carbons (Fsp3) is 0.588. The van der Waals surface area contributed by atoms with Gasteiger partial charge in [-0.2, -0.15) is 0 Å². The van der Waals surface area contributed by atoms with Crippen molar-refractivity contribution in [2.75, 3.05) is 0 Å². The van der Waals surface area contributed by atoms with E-state index in [0.29, 0.717) is 5.92 Å². The van der Waals surface area contributed by atoms with Gasteiger partial charge in [-0.25, -0.2) is 9.25 Å². The third-order valence-corrected chi connectivity index (χ3v) is 9.17. The van der Waals surface area contributed by atoms with Crippen molar-refractivity contribution in [1.82, 2.24) is 15.0 Å². The Hall–Kier alpha value is -1.49. The van der Waals surface area contributed by atoms with Crippen LogP contribution in [0.4, 0.5) is 0 Å². The molecule has 31 heavy (non-hydrogen) atoms. The van der Waals surface area contributed by atoms with Gasteiger partial charge in [-0.05, 0) is 18.4 Å². The maximum Gasteiger partial charge on any atom is 0.369 e. The summed E-state index contributed by atoms with van der Waals surface area (Å²) in [5.74, 6) is 0.647. The Labute approximate surface area is 178 Å². The van der Waals surface area contributed by atoms with Gasteiger partial charge in [0.15, 0.2) is 18.9 Å². The summed E-state index contributed by atoms with van der Waals surface area (Å²) in [5.41, 5.74) is 0.952. The van der Waals surface area contributed by atoms with E-state index in [2.05, 4.69) is 10.3 Å². The summed E-state index contributed by atoms with van der Waals surface area (Å²) in [4.78, 5) is 37.2. The molecule has 0 aliphatic heterocycles. The molecule has 2 aromatic rings. The van der Waals surface area contributed by atoms with Crippen LogP contribution >= 0.6 is 15.2 Å². The quantitative estimate of drug-likeness (QED) is 0.192. The van der Waals surface area contributed by atoms with Gasteiger partial charge < -0.3 is 29.8 Å². The van der Waals surface area contributed by atoms with Crippen molar-refractivity contribution in [3.05, 3.63) is 42.0 Å². The van der Waals surface area contributed by atoms with Crippen LogP contribution in [0.2, 0.25) is 0 Å². The van der Waals surface area contributed by atoms with Crippen LogP contribution in [0, 0.1) is 5.92 Å². The van der Waals surface area contributed by atoms with Gasteiger partial charge in [-0.15, -0.1) is 5.10 Å². The molecule has 0 amide bonds. The number of hydrogen-bond donors (Lipinski definition) is 6. The number of pyridine rings is 1. The van der Waals surface area contributed by atoms with E-state index in [0.717, 1.165) is 12.1 Å². The maximum absolute atomic E-state index is 11.6. The molecular weight excluding hydrogens is 450 g/mol. The zero-order valence-electron chi connectivity index (χ0n) is 16.7. The Morgan fingerprint density at radius 2 is 1.90 bits per heavy atom. The van der Waals surface area contributed by atoms with Crippen molar-refractivity contribution < 1.29 is 43.5 Å². The fourth-order valence-electron chi connectivity index (χ4n) is 3.47. The number of aromatic nitrogens is 4. The third-order valence-electron chi connectivity index (χ3n) is 5.42. The predicted molar refractivity (Wildman–Crippen MR) is 106 cm³/mol. The van der Waals surface area contributed by atoms with Crippen molar-refractivity contribution >= 4 is 15.2 Å². The number of rotatable bonds is 10. The molecule has 2 aromatic heterocycles. The number of aliphatic hydroxyl groups excluding tert-OH is 1. The smallest absolute Gasteiger partial charge is 0.369 e. The van der Waals surface area contributed by atoms with E-state index >= 15 is 0 Å². The summed E-state index contributed by atoms with van der Waals surface area (Å²) in [6.07, 6.45) is 7.38. The predicted octanol–water partition coefficient (Wildman–Crippen LogP) is -0.487. The first-order valence-electron chi connectivity index (χ1n) is 9.76. The van der Waals surface area contributed by atoms with E-state index in [1.54, 1.807) is 17.1 Å². The zero-order valence-corrected chi connectivity index (χ0v) is 18.5. The van der Waals surface area contributed by atoms with Crippen molar-refractivity contribution in [1.29, 1.82) is 0 Å². The lowest BCUT2D eigenvalue weighted by molar-refractivity contribution is -0.704. The van der Waals surface area contributed by atoms with E-state index < -0.39 is 32.8 Å². The molecule has 1 unspecified atom stereocenters. The van der Waals surface area contributed by atoms with Crippen LogP contribution in [0.5, 0.6) is 0 Å². The Balaban J connectivity index is 1.64. The second kappa shape index (κ2) is 9.17. The van der Waals surface area contributed by atoms with Crippen molar-refractivity contribution in [3.63, 3.8) is 0 Å². The monoisotopic (exact) mass is 477 g/mol. The van der Waals surface area contributed by atoms with E-state index in [1.165, 1.54) is 42.2 Å². The van der Waals surface area contributed by atoms with Gasteiger partial charge in [0.25, 0.3) is 5.08 Å². The highest BCUT2D eigenvalue weighted by Gasteiger charge is 2.59. The molecule has 12 nitrogen and oxygen atoms in total. The lowest BCUT2D eigenvalue weighted by Crippen LogP contribution is -2.42. The molecule has 0 saturated heterocycles. The minimum Gasteiger partial charge on any atom is -0.385 e. The first-order chi connectivity index (χ1) is 14.4. The molecular formula is C17H27N4O8P2+. The molecule has 2 heterocycles. The Kier molecular flexibility index (Phi) is 7.15. The molecule has 14 heteroatoms. The van der Waals surface area contributed by atoms with Gasteiger partial charge in [-0.1, -0.05) is 24.5 Å². The highest BCUT2D eigenvalue weighted by Crippen LogP contribution is 2.68. The molecule has 0 spiro atoms. The summed E-state index contributed by atoms with van der Waals surface area (Å²) in [5, 5.41) is 25.1. The first-order valence-corrected chi connectivity index (χ1v) is 13.0. The largest absolute Gasteiger partial charge is 0.385 e. The number of aliphatic hydroxyl groups is 2. The van der Waals surface area contributed by atoms with E-state index in [9.17, 15) is 38.9 Å². The average molecular weight is 477 g/mol. The van der Waals surface area contributed by atoms with Crippen molar-refractivity contribution in [3.8, 4) is 0 Å². The molecule has 0 radical (unpaired) electrons. The van der Waals surface area contributed by atoms with Crippen LogP contribution in [0.3, 0.4) is 0 Å². The third kappa shape index (κ3) is 5.85. The minimum absolute atomic E-state index is 0.0763. The van der Waals surface area contributed by atoms with Crippen molar-refractivity contribution in [2.24, 2.45) is 5.92 Å². The zero-order chi connectivity index (χ0) is 22.9. The van der Waals surface area contributed by atoms with Crippen LogP contribution in [-0.2, 0) is 35.1 Å². The summed E-state index contributed by atoms with van der Waals surface area (Å²) < 4.78 is 26.1. The highest BCUT2D eigenvalue weighted by molar-refractivity contribution is 7.72. The molecule has 172 valence electrons. The van der Waals surface area contributed by atoms with Gasteiger partial charge in [0.05, 0.1) is 12.2 Å². The van der Waals surface area contributed by atoms with E-state index in [4.69, 9.17) is 0 Å². The number of hydrogen-bond acceptors (Lipinski definition) is 6. The molecule has 1 fully saturated rings. The van der Waals surface area contributed by atoms with Gasteiger partial charge in [0.1, 0.15) is 6.10 Å². The topological polar surface area (TPSA) is 190 Å². The Morgan fingerprint density at radius 3 is 2.48 bits per heavy atom. The normalized spacial score (nSPS) is 16.8. The molecule has 1 saturated carbocycles. The molecule has 1 aliphatic carbocycles. The Bertz CT molecular complexity index is 978. The minimum atomic E-state index is -5.55. The van der Waals surface area contributed by atoms with Crippen LogP contribution in [0.1, 0.15) is 30.5 Å². The van der Waals surface area contributed by atoms with Crippen LogP contribution < -0.4 is 4.57 Å². The average Bonchev–Trinajstić information content (AvgIpc) is 3.03. The van der Waals surface area contributed by atoms with Gasteiger partial charge in [-0.3, -0.25) is 9.13 Å². The molecule has 1 atom stereocenters. The summed E-state index contributed by atoms with van der Waals surface area (Å²) in [6, 6.07) is 2.84. The Morgan fingerprint density at radius 1 is 1.23 bits per heavy atom. The molecule has 6 N–H and O–H groups in total. The standard InChI is InChI=1S/C17H26N4O8P2/c22-16(12-21-10-15(18-19-21)7-13-3-1-4-13)11-20-6-2-5-14(9-20)8-17(23,30(24,25)26)31(27,28)29/h2,5-6,9-10,13,16,22-23H,1,3-4,7-8,11-12H2,(H3-,24,25,26,27,28,29)/p+1. The second-order valence-electron chi connectivity index (χ2n) is 8.03. The molecule has 1 aliphatic rings. The van der Waals surface area contributed by atoms with Crippen LogP contribution in [0.25, 0.3) is 0 Å². The fourth-order valence-corrected chi connectivity index (χ4v) is 5.61. The lowest BCUT2D eigenvalue weighted by Gasteiger charge is -2.28. The van der Waals surface area contributed by atoms with Gasteiger partial charge in [0, 0.05) is 24.2 Å². The van der Waals surface area contributed by atoms with Crippen LogP contribution in [-0.4, -0.2) is 56.0 Å². The molecule has 0 aromatic carbocycles. The van der Waals surface area contributed by atoms with E-state index in [-0.39, 0.29) is 18.7 Å². The second-order valence-corrected chi connectivity index (χ2v) is 12.0. The lowest BCUT2D eigenvalue weighted by atomic mass is 9.82. The highest BCUT2D eigenvalue weighted by atomic mass is 31.2. The van der Waals surface area contributed by atoms with Crippen molar-refractivity contribution in [2.45, 2.75) is 56.4 Å². The first kappa shape index (κ1) is 24.2. The van der Waals surface area contributed by atoms with Gasteiger partial charge in [0.2, 0.25) is 0 Å². The summed E-state index contributed by atoms with van der Waals surface area (Å²) in [6.45, 7) is 0.250. The number of nitrogens with zero attached hydrogens (tertiary/aromatic N) is 4. The maximum atomic E-state index is 11.6. The van der Waals surface area contributed by atoms with E-state index in [1.807, 2.05) is 0 Å². The van der Waals surface area contributed by atoms with Crippen LogP contribution in [0.15, 0.2) is 30.7 Å². The SMILES string of the molecule is O=P(O)(O)C(O)(Cc1ccc[n+](CC(O)Cn2cc(CC3CCC3)nn2)c1)P(=O)(O)O. The summed E-state index contributed by atoms with van der Waals surface area (Å²) in [7, 11) is -11.1. The molecule has 0 bridgehead atoms. The molecule has 3 rings (SSSR count).